The average Bonchev–Trinajstić information content (AvgIpc) is 2.78. The first-order chi connectivity index (χ1) is 16.2. The molecule has 172 valence electrons. The lowest BCUT2D eigenvalue weighted by Gasteiger charge is -2.16. The molecule has 0 saturated heterocycles. The molecule has 4 rings (SSSR count). The van der Waals surface area contributed by atoms with Crippen LogP contribution in [-0.4, -0.2) is 28.0 Å². The van der Waals surface area contributed by atoms with Crippen molar-refractivity contribution in [1.29, 1.82) is 0 Å². The van der Waals surface area contributed by atoms with Gasteiger partial charge in [-0.25, -0.2) is 14.2 Å². The number of aliphatic carboxylic acids is 1. The molecule has 4 aromatic rings. The third kappa shape index (κ3) is 4.88. The highest BCUT2D eigenvalue weighted by Gasteiger charge is 2.23. The van der Waals surface area contributed by atoms with E-state index in [1.54, 1.807) is 61.5 Å². The quantitative estimate of drug-likeness (QED) is 0.338. The van der Waals surface area contributed by atoms with Gasteiger partial charge in [0.2, 0.25) is 0 Å². The molecule has 2 N–H and O–H groups in total. The number of halogens is 3. The van der Waals surface area contributed by atoms with Crippen LogP contribution < -0.4 is 5.32 Å². The van der Waals surface area contributed by atoms with Gasteiger partial charge < -0.3 is 10.4 Å². The second kappa shape index (κ2) is 9.79. The minimum atomic E-state index is -1.17. The Balaban J connectivity index is 1.59. The third-order valence-electron chi connectivity index (χ3n) is 5.46. The van der Waals surface area contributed by atoms with Crippen molar-refractivity contribution in [3.63, 3.8) is 0 Å². The molecule has 1 atom stereocenters. The number of carbonyl (C=O) groups is 2. The minimum Gasteiger partial charge on any atom is -0.480 e. The van der Waals surface area contributed by atoms with Crippen molar-refractivity contribution in [3.05, 3.63) is 99.3 Å². The molecule has 1 unspecified atom stereocenters. The highest BCUT2D eigenvalue weighted by molar-refractivity contribution is 6.34. The molecule has 0 aliphatic rings. The smallest absolute Gasteiger partial charge is 0.326 e. The molecule has 0 saturated carbocycles. The van der Waals surface area contributed by atoms with Crippen LogP contribution in [0.2, 0.25) is 10.0 Å². The van der Waals surface area contributed by atoms with E-state index in [4.69, 9.17) is 23.2 Å². The number of fused-ring (bicyclic) bond motifs is 1. The summed E-state index contributed by atoms with van der Waals surface area (Å²) in [7, 11) is 0. The van der Waals surface area contributed by atoms with E-state index in [0.717, 1.165) is 5.39 Å². The number of hydrogen-bond donors (Lipinski definition) is 2. The summed E-state index contributed by atoms with van der Waals surface area (Å²) >= 11 is 12.3. The van der Waals surface area contributed by atoms with Crippen molar-refractivity contribution in [2.75, 3.05) is 0 Å². The number of nitrogens with one attached hydrogen (secondary N) is 1. The van der Waals surface area contributed by atoms with Crippen molar-refractivity contribution in [1.82, 2.24) is 10.3 Å². The second-order valence-corrected chi connectivity index (χ2v) is 8.63. The number of carbonyl (C=O) groups excluding carboxylic acids is 1. The predicted octanol–water partition coefficient (Wildman–Crippen LogP) is 6.08. The molecule has 0 radical (unpaired) electrons. The van der Waals surface area contributed by atoms with Gasteiger partial charge in [-0.05, 0) is 54.4 Å². The lowest BCUT2D eigenvalue weighted by Crippen LogP contribution is -2.42. The Morgan fingerprint density at radius 3 is 2.47 bits per heavy atom. The maximum absolute atomic E-state index is 14.3. The third-order valence-corrected chi connectivity index (χ3v) is 6.09. The normalized spacial score (nSPS) is 11.9. The fraction of sp³-hybridized carbons (Fsp3) is 0.115. The Morgan fingerprint density at radius 2 is 1.76 bits per heavy atom. The van der Waals surface area contributed by atoms with Crippen LogP contribution in [0.15, 0.2) is 66.7 Å². The maximum Gasteiger partial charge on any atom is 0.326 e. The highest BCUT2D eigenvalue weighted by atomic mass is 35.5. The minimum absolute atomic E-state index is 0.0570. The number of nitrogens with zero attached hydrogens (tertiary/aromatic N) is 1. The van der Waals surface area contributed by atoms with E-state index < -0.39 is 23.7 Å². The molecule has 0 aliphatic heterocycles. The number of aromatic nitrogens is 1. The fourth-order valence-electron chi connectivity index (χ4n) is 3.77. The Morgan fingerprint density at radius 1 is 1.03 bits per heavy atom. The van der Waals surface area contributed by atoms with Crippen molar-refractivity contribution in [2.45, 2.75) is 19.4 Å². The summed E-state index contributed by atoms with van der Waals surface area (Å²) in [5, 5.41) is 13.5. The number of rotatable bonds is 6. The second-order valence-electron chi connectivity index (χ2n) is 7.82. The summed E-state index contributed by atoms with van der Waals surface area (Å²) in [5.74, 6) is -2.19. The number of carboxylic acid groups (broad SMARTS) is 1. The zero-order valence-electron chi connectivity index (χ0n) is 18.0. The molecule has 1 amide bonds. The standard InChI is InChI=1S/C26H19Cl2FN2O3/c1-14-4-2-5-17(27)23(14)25(32)31-22(26(33)34)13-15-8-10-20-16(12-15)9-11-21(30-20)24-18(28)6-3-7-19(24)29/h2-12,22H,13H2,1H3,(H,31,32)(H,33,34). The average molecular weight is 497 g/mol. The zero-order chi connectivity index (χ0) is 24.4. The summed E-state index contributed by atoms with van der Waals surface area (Å²) in [6, 6.07) is 17.0. The van der Waals surface area contributed by atoms with Crippen LogP contribution in [0.25, 0.3) is 22.2 Å². The Labute approximate surface area is 205 Å². The van der Waals surface area contributed by atoms with E-state index >= 15 is 0 Å². The molecule has 1 heterocycles. The Bertz CT molecular complexity index is 1380. The van der Waals surface area contributed by atoms with Crippen LogP contribution in [0, 0.1) is 12.7 Å². The summed E-state index contributed by atoms with van der Waals surface area (Å²) in [6.45, 7) is 1.73. The molecule has 5 nitrogen and oxygen atoms in total. The Hall–Kier alpha value is -3.48. The number of hydrogen-bond acceptors (Lipinski definition) is 3. The molecule has 34 heavy (non-hydrogen) atoms. The maximum atomic E-state index is 14.3. The van der Waals surface area contributed by atoms with Gasteiger partial charge in [-0.2, -0.15) is 0 Å². The van der Waals surface area contributed by atoms with Crippen molar-refractivity contribution in [2.24, 2.45) is 0 Å². The van der Waals surface area contributed by atoms with Crippen molar-refractivity contribution >= 4 is 46.0 Å². The van der Waals surface area contributed by atoms with Gasteiger partial charge in [0.1, 0.15) is 11.9 Å². The predicted molar refractivity (Wildman–Crippen MR) is 131 cm³/mol. The number of carboxylic acids is 1. The van der Waals surface area contributed by atoms with E-state index in [-0.39, 0.29) is 27.6 Å². The number of amides is 1. The van der Waals surface area contributed by atoms with E-state index in [1.165, 1.54) is 12.1 Å². The molecular formula is C26H19Cl2FN2O3. The van der Waals surface area contributed by atoms with Crippen LogP contribution in [-0.2, 0) is 11.2 Å². The first-order valence-electron chi connectivity index (χ1n) is 10.4. The molecule has 0 aliphatic carbocycles. The van der Waals surface area contributed by atoms with Crippen LogP contribution in [0.4, 0.5) is 4.39 Å². The van der Waals surface area contributed by atoms with Crippen LogP contribution in [0.1, 0.15) is 21.5 Å². The summed E-state index contributed by atoms with van der Waals surface area (Å²) in [6.07, 6.45) is 0.0570. The van der Waals surface area contributed by atoms with E-state index in [0.29, 0.717) is 22.3 Å². The van der Waals surface area contributed by atoms with Gasteiger partial charge in [0.15, 0.2) is 0 Å². The van der Waals surface area contributed by atoms with Gasteiger partial charge in [-0.3, -0.25) is 4.79 Å². The first-order valence-corrected chi connectivity index (χ1v) is 11.1. The van der Waals surface area contributed by atoms with Crippen LogP contribution in [0.3, 0.4) is 0 Å². The summed E-state index contributed by atoms with van der Waals surface area (Å²) in [5.41, 5.74) is 2.81. The topological polar surface area (TPSA) is 79.3 Å². The molecule has 1 aromatic heterocycles. The molecule has 0 bridgehead atoms. The van der Waals surface area contributed by atoms with Crippen molar-refractivity contribution < 1.29 is 19.1 Å². The van der Waals surface area contributed by atoms with Gasteiger partial charge in [0.25, 0.3) is 5.91 Å². The number of pyridine rings is 1. The zero-order valence-corrected chi connectivity index (χ0v) is 19.5. The number of aryl methyl sites for hydroxylation is 1. The monoisotopic (exact) mass is 496 g/mol. The lowest BCUT2D eigenvalue weighted by molar-refractivity contribution is -0.139. The molecule has 0 spiro atoms. The van der Waals surface area contributed by atoms with Crippen LogP contribution in [0.5, 0.6) is 0 Å². The van der Waals surface area contributed by atoms with Crippen molar-refractivity contribution in [3.8, 4) is 11.3 Å². The lowest BCUT2D eigenvalue weighted by atomic mass is 10.0. The Kier molecular flexibility index (Phi) is 6.82. The number of benzene rings is 3. The fourth-order valence-corrected chi connectivity index (χ4v) is 4.34. The summed E-state index contributed by atoms with van der Waals surface area (Å²) in [4.78, 5) is 29.1. The molecule has 0 fully saturated rings. The van der Waals surface area contributed by atoms with Gasteiger partial charge in [-0.15, -0.1) is 0 Å². The van der Waals surface area contributed by atoms with E-state index in [2.05, 4.69) is 10.3 Å². The highest BCUT2D eigenvalue weighted by Crippen LogP contribution is 2.30. The molecule has 3 aromatic carbocycles. The van der Waals surface area contributed by atoms with Gasteiger partial charge in [0.05, 0.1) is 32.4 Å². The largest absolute Gasteiger partial charge is 0.480 e. The van der Waals surface area contributed by atoms with E-state index in [1.807, 2.05) is 0 Å². The SMILES string of the molecule is Cc1cccc(Cl)c1C(=O)NC(Cc1ccc2nc(-c3c(F)cccc3Cl)ccc2c1)C(=O)O. The van der Waals surface area contributed by atoms with Gasteiger partial charge in [0, 0.05) is 11.8 Å². The first kappa shape index (κ1) is 23.7. The van der Waals surface area contributed by atoms with Crippen LogP contribution >= 0.6 is 23.2 Å². The van der Waals surface area contributed by atoms with Gasteiger partial charge >= 0.3 is 5.97 Å². The van der Waals surface area contributed by atoms with Gasteiger partial charge in [-0.1, -0.05) is 53.5 Å². The van der Waals surface area contributed by atoms with E-state index in [9.17, 15) is 19.1 Å². The summed E-state index contributed by atoms with van der Waals surface area (Å²) < 4.78 is 14.3. The molecule has 8 heteroatoms. The molecular weight excluding hydrogens is 478 g/mol.